The van der Waals surface area contributed by atoms with Gasteiger partial charge in [0.05, 0.1) is 0 Å². The van der Waals surface area contributed by atoms with Crippen LogP contribution in [-0.4, -0.2) is 32.9 Å². The average Bonchev–Trinajstić information content (AvgIpc) is 2.84. The van der Waals surface area contributed by atoms with Gasteiger partial charge in [-0.25, -0.2) is 0 Å². The van der Waals surface area contributed by atoms with Gasteiger partial charge in [0.25, 0.3) is 0 Å². The number of hydrogen-bond donors (Lipinski definition) is 0. The third-order valence-electron chi connectivity index (χ3n) is 7.02. The summed E-state index contributed by atoms with van der Waals surface area (Å²) in [4.78, 5) is 0. The van der Waals surface area contributed by atoms with Gasteiger partial charge in [-0.1, -0.05) is 0 Å². The maximum absolute atomic E-state index is 14.0. The van der Waals surface area contributed by atoms with Crippen LogP contribution in [0.3, 0.4) is 0 Å². The molecule has 1 aliphatic rings. The van der Waals surface area contributed by atoms with Crippen LogP contribution in [-0.2, 0) is 0 Å². The molecule has 0 heterocycles. The predicted octanol–water partition coefficient (Wildman–Crippen LogP) is 6.93. The van der Waals surface area contributed by atoms with E-state index in [-0.39, 0.29) is 24.2 Å². The van der Waals surface area contributed by atoms with Gasteiger partial charge in [-0.3, -0.25) is 0 Å². The Morgan fingerprint density at radius 1 is 0.686 bits per heavy atom. The Morgan fingerprint density at radius 3 is 1.54 bits per heavy atom. The minimum absolute atomic E-state index is 0.199. The van der Waals surface area contributed by atoms with E-state index in [2.05, 4.69) is 20.0 Å². The van der Waals surface area contributed by atoms with Crippen LogP contribution in [0.15, 0.2) is 78.4 Å². The van der Waals surface area contributed by atoms with Gasteiger partial charge >= 0.3 is 209 Å². The van der Waals surface area contributed by atoms with Crippen molar-refractivity contribution in [2.24, 2.45) is 5.92 Å². The first-order valence-electron chi connectivity index (χ1n) is 12.7. The molecule has 35 heavy (non-hydrogen) atoms. The molecule has 5 heteroatoms. The van der Waals surface area contributed by atoms with Crippen molar-refractivity contribution in [1.29, 1.82) is 0 Å². The summed E-state index contributed by atoms with van der Waals surface area (Å²) in [6.45, 7) is 6.98. The van der Waals surface area contributed by atoms with E-state index in [0.717, 1.165) is 35.5 Å². The van der Waals surface area contributed by atoms with Crippen molar-refractivity contribution in [2.45, 2.75) is 32.1 Å². The van der Waals surface area contributed by atoms with Crippen LogP contribution in [0.25, 0.3) is 5.47 Å². The van der Waals surface area contributed by atoms with E-state index in [4.69, 9.17) is 0 Å². The molecule has 0 saturated heterocycles. The molecule has 4 rings (SSSR count). The van der Waals surface area contributed by atoms with E-state index in [1.165, 1.54) is 66.7 Å². The standard InChI is InChI=1S/C30H35BF3P/c1-35(2,3)21-29(22-7-5-4-6-8-22)30(23-9-15-26(32)16-10-23)31(24-11-17-27(33)18-12-24)25-13-19-28(34)20-14-25/h9-20,22,35H,4-8,21H2,1-3H3/b30-29+. The normalized spacial score (nSPS) is 16.1. The van der Waals surface area contributed by atoms with E-state index < -0.39 is 7.26 Å². The quantitative estimate of drug-likeness (QED) is 0.247. The van der Waals surface area contributed by atoms with E-state index in [1.807, 2.05) is 36.4 Å². The summed E-state index contributed by atoms with van der Waals surface area (Å²) >= 11 is 0. The summed E-state index contributed by atoms with van der Waals surface area (Å²) < 4.78 is 41.9. The molecule has 0 aromatic heterocycles. The minimum atomic E-state index is -1.53. The first-order valence-corrected chi connectivity index (χ1v) is 16.4. The molecule has 1 fully saturated rings. The summed E-state index contributed by atoms with van der Waals surface area (Å²) in [5.41, 5.74) is 5.54. The Bertz CT molecular complexity index is 1090. The van der Waals surface area contributed by atoms with Gasteiger partial charge < -0.3 is 0 Å². The molecule has 3 aromatic carbocycles. The van der Waals surface area contributed by atoms with Crippen molar-refractivity contribution in [3.05, 3.63) is 101 Å². The van der Waals surface area contributed by atoms with Crippen LogP contribution in [0.4, 0.5) is 13.2 Å². The van der Waals surface area contributed by atoms with Crippen molar-refractivity contribution in [2.75, 3.05) is 26.2 Å². The van der Waals surface area contributed by atoms with Crippen LogP contribution in [0, 0.1) is 23.4 Å². The molecule has 3 aromatic rings. The number of halogens is 3. The first-order chi connectivity index (χ1) is 16.7. The predicted molar refractivity (Wildman–Crippen MR) is 149 cm³/mol. The molecule has 0 radical (unpaired) electrons. The van der Waals surface area contributed by atoms with E-state index in [0.29, 0.717) is 5.92 Å². The summed E-state index contributed by atoms with van der Waals surface area (Å²) in [6.07, 6.45) is 7.06. The number of allylic oxidation sites excluding steroid dienone is 1. The summed E-state index contributed by atoms with van der Waals surface area (Å²) in [7, 11) is -1.53. The zero-order valence-electron chi connectivity index (χ0n) is 21.0. The van der Waals surface area contributed by atoms with Crippen LogP contribution >= 0.6 is 7.26 Å². The molecule has 0 N–H and O–H groups in total. The number of hydrogen-bond acceptors (Lipinski definition) is 0. The molecular weight excluding hydrogens is 459 g/mol. The Morgan fingerprint density at radius 2 is 1.11 bits per heavy atom. The topological polar surface area (TPSA) is 0 Å². The van der Waals surface area contributed by atoms with Crippen molar-refractivity contribution >= 4 is 30.4 Å². The van der Waals surface area contributed by atoms with Gasteiger partial charge in [-0.05, 0) is 0 Å². The number of rotatable bonds is 7. The second-order valence-electron chi connectivity index (χ2n) is 11.1. The van der Waals surface area contributed by atoms with Crippen molar-refractivity contribution in [3.63, 3.8) is 0 Å². The Hall–Kier alpha value is -2.32. The third-order valence-corrected chi connectivity index (χ3v) is 8.46. The molecule has 0 aliphatic heterocycles. The molecule has 0 nitrogen and oxygen atoms in total. The Balaban J connectivity index is 2.02. The van der Waals surface area contributed by atoms with Crippen molar-refractivity contribution in [1.82, 2.24) is 0 Å². The molecule has 0 unspecified atom stereocenters. The van der Waals surface area contributed by atoms with Gasteiger partial charge in [0.2, 0.25) is 0 Å². The molecule has 184 valence electrons. The monoisotopic (exact) mass is 494 g/mol. The Labute approximate surface area is 209 Å². The molecule has 0 amide bonds. The van der Waals surface area contributed by atoms with Crippen molar-refractivity contribution in [3.8, 4) is 0 Å². The van der Waals surface area contributed by atoms with E-state index in [1.54, 1.807) is 0 Å². The van der Waals surface area contributed by atoms with Gasteiger partial charge in [0.1, 0.15) is 0 Å². The second-order valence-corrected chi connectivity index (χ2v) is 16.5. The Kier molecular flexibility index (Phi) is 8.22. The zero-order valence-corrected chi connectivity index (χ0v) is 22.0. The molecule has 1 saturated carbocycles. The molecule has 0 spiro atoms. The van der Waals surface area contributed by atoms with E-state index >= 15 is 0 Å². The summed E-state index contributed by atoms with van der Waals surface area (Å²) in [6, 6.07) is 20.1. The molecule has 0 bridgehead atoms. The molecule has 1 aliphatic carbocycles. The SMILES string of the molecule is C[PH](C)(C)C/C(=C(\B(c1ccc(F)cc1)c1ccc(F)cc1)c1ccc(F)cc1)C1CCCCC1. The van der Waals surface area contributed by atoms with E-state index in [9.17, 15) is 13.2 Å². The van der Waals surface area contributed by atoms with Crippen LogP contribution in [0.5, 0.6) is 0 Å². The second kappa shape index (κ2) is 11.2. The van der Waals surface area contributed by atoms with Gasteiger partial charge in [-0.15, -0.1) is 0 Å². The van der Waals surface area contributed by atoms with Crippen LogP contribution in [0.1, 0.15) is 37.7 Å². The maximum atomic E-state index is 14.0. The zero-order chi connectivity index (χ0) is 25.0. The third kappa shape index (κ3) is 6.67. The fourth-order valence-electron chi connectivity index (χ4n) is 5.49. The van der Waals surface area contributed by atoms with Gasteiger partial charge in [0, 0.05) is 0 Å². The van der Waals surface area contributed by atoms with Gasteiger partial charge in [-0.2, -0.15) is 0 Å². The van der Waals surface area contributed by atoms with Crippen molar-refractivity contribution < 1.29 is 13.2 Å². The van der Waals surface area contributed by atoms with Crippen LogP contribution in [0.2, 0.25) is 0 Å². The van der Waals surface area contributed by atoms with Gasteiger partial charge in [0.15, 0.2) is 0 Å². The van der Waals surface area contributed by atoms with Crippen LogP contribution < -0.4 is 10.9 Å². The summed E-state index contributed by atoms with van der Waals surface area (Å²) in [5.74, 6) is -0.362. The molecular formula is C30H35BF3P. The first kappa shape index (κ1) is 25.8. The summed E-state index contributed by atoms with van der Waals surface area (Å²) in [5, 5.41) is 0. The fourth-order valence-corrected chi connectivity index (χ4v) is 7.11. The molecule has 0 atom stereocenters. The fraction of sp³-hybridized carbons (Fsp3) is 0.333. The average molecular weight is 494 g/mol. The number of benzene rings is 3.